The number of para-hydroxylation sites is 1. The van der Waals surface area contributed by atoms with E-state index in [1.165, 1.54) is 0 Å². The van der Waals surface area contributed by atoms with Gasteiger partial charge in [0.2, 0.25) is 0 Å². The van der Waals surface area contributed by atoms with Crippen LogP contribution in [0.1, 0.15) is 23.1 Å². The number of amides is 1. The lowest BCUT2D eigenvalue weighted by Crippen LogP contribution is -2.15. The number of hydrogen-bond donors (Lipinski definition) is 1. The first-order valence-electron chi connectivity index (χ1n) is 10.0. The summed E-state index contributed by atoms with van der Waals surface area (Å²) in [5.41, 5.74) is 4.23. The number of nitrogens with zero attached hydrogens (tertiary/aromatic N) is 4. The topological polar surface area (TPSA) is 85.8 Å². The lowest BCUT2D eigenvalue weighted by atomic mass is 10.1. The molecule has 2 aromatic heterocycles. The average molecular weight is 409 g/mol. The number of benzene rings is 3. The predicted octanol–water partition coefficient (Wildman–Crippen LogP) is 4.89. The van der Waals surface area contributed by atoms with Crippen molar-refractivity contribution >= 4 is 22.5 Å². The molecule has 1 amide bonds. The zero-order valence-electron chi connectivity index (χ0n) is 16.8. The molecule has 0 radical (unpaired) electrons. The van der Waals surface area contributed by atoms with Crippen molar-refractivity contribution in [1.82, 2.24) is 20.2 Å². The molecule has 2 heterocycles. The van der Waals surface area contributed by atoms with E-state index in [1.807, 2.05) is 85.8 Å². The smallest absolute Gasteiger partial charge is 0.278 e. The minimum atomic E-state index is -0.287. The quantitative estimate of drug-likeness (QED) is 0.447. The highest BCUT2D eigenvalue weighted by molar-refractivity contribution is 6.03. The van der Waals surface area contributed by atoms with Gasteiger partial charge in [-0.1, -0.05) is 65.8 Å². The maximum atomic E-state index is 12.8. The van der Waals surface area contributed by atoms with Crippen LogP contribution in [0.25, 0.3) is 27.9 Å². The average Bonchev–Trinajstić information content (AvgIpc) is 3.44. The van der Waals surface area contributed by atoms with E-state index in [4.69, 9.17) is 4.52 Å². The molecule has 0 aliphatic heterocycles. The summed E-state index contributed by atoms with van der Waals surface area (Å²) in [7, 11) is 0. The van der Waals surface area contributed by atoms with Crippen LogP contribution in [0.15, 0.2) is 83.4 Å². The van der Waals surface area contributed by atoms with Gasteiger partial charge < -0.3 is 9.84 Å². The molecule has 7 nitrogen and oxygen atoms in total. The molecule has 3 aromatic carbocycles. The molecule has 1 N–H and O–H groups in total. The van der Waals surface area contributed by atoms with E-state index in [-0.39, 0.29) is 5.91 Å². The molecule has 152 valence electrons. The van der Waals surface area contributed by atoms with Crippen LogP contribution in [0, 0.1) is 0 Å². The Hall–Kier alpha value is -4.26. The molecule has 0 unspecified atom stereocenters. The lowest BCUT2D eigenvalue weighted by Gasteiger charge is -2.07. The fraction of sp³-hybridized carbons (Fsp3) is 0.0833. The van der Waals surface area contributed by atoms with Crippen LogP contribution < -0.4 is 5.32 Å². The van der Waals surface area contributed by atoms with Gasteiger partial charge in [0.15, 0.2) is 11.5 Å². The van der Waals surface area contributed by atoms with Crippen LogP contribution in [0.4, 0.5) is 5.69 Å². The molecule has 5 rings (SSSR count). The summed E-state index contributed by atoms with van der Waals surface area (Å²) in [6.07, 6.45) is 0.595. The van der Waals surface area contributed by atoms with Crippen molar-refractivity contribution in [2.24, 2.45) is 0 Å². The van der Waals surface area contributed by atoms with E-state index in [0.29, 0.717) is 23.6 Å². The second-order valence-corrected chi connectivity index (χ2v) is 7.05. The highest BCUT2D eigenvalue weighted by atomic mass is 16.5. The molecule has 0 aliphatic carbocycles. The van der Waals surface area contributed by atoms with Crippen molar-refractivity contribution < 1.29 is 9.32 Å². The Morgan fingerprint density at radius 3 is 2.48 bits per heavy atom. The van der Waals surface area contributed by atoms with Crippen LogP contribution >= 0.6 is 0 Å². The summed E-state index contributed by atoms with van der Waals surface area (Å²) in [4.78, 5) is 12.8. The molecular weight excluding hydrogens is 390 g/mol. The first-order valence-corrected chi connectivity index (χ1v) is 10.0. The number of carbonyl (C=O) groups excluding carboxylic acids is 1. The van der Waals surface area contributed by atoms with Gasteiger partial charge in [0.1, 0.15) is 5.52 Å². The molecule has 0 bridgehead atoms. The number of anilines is 1. The number of aromatic nitrogens is 4. The Morgan fingerprint density at radius 1 is 1.00 bits per heavy atom. The molecule has 0 fully saturated rings. The first-order chi connectivity index (χ1) is 15.2. The van der Waals surface area contributed by atoms with Gasteiger partial charge in [-0.3, -0.25) is 4.79 Å². The minimum Gasteiger partial charge on any atom is -0.355 e. The van der Waals surface area contributed by atoms with E-state index in [9.17, 15) is 4.79 Å². The van der Waals surface area contributed by atoms with Gasteiger partial charge in [0, 0.05) is 11.3 Å². The van der Waals surface area contributed by atoms with Gasteiger partial charge in [0.25, 0.3) is 5.91 Å². The van der Waals surface area contributed by atoms with E-state index >= 15 is 0 Å². The van der Waals surface area contributed by atoms with Crippen molar-refractivity contribution in [3.8, 4) is 17.0 Å². The fourth-order valence-electron chi connectivity index (χ4n) is 3.57. The highest BCUT2D eigenvalue weighted by Gasteiger charge is 2.20. The van der Waals surface area contributed by atoms with Crippen LogP contribution in [0.2, 0.25) is 0 Å². The number of carbonyl (C=O) groups is 1. The van der Waals surface area contributed by atoms with Crippen molar-refractivity contribution in [1.29, 1.82) is 0 Å². The SMILES string of the molecule is CCc1c(C(=O)Nc2ccccc2)nnn1-c1ccc2noc(-c3ccccc3)c2c1. The van der Waals surface area contributed by atoms with Crippen molar-refractivity contribution in [2.45, 2.75) is 13.3 Å². The summed E-state index contributed by atoms with van der Waals surface area (Å²) >= 11 is 0. The molecule has 7 heteroatoms. The molecule has 31 heavy (non-hydrogen) atoms. The number of rotatable bonds is 5. The summed E-state index contributed by atoms with van der Waals surface area (Å²) in [5, 5.41) is 16.4. The Balaban J connectivity index is 1.54. The van der Waals surface area contributed by atoms with Crippen LogP contribution in [0.3, 0.4) is 0 Å². The number of hydrogen-bond acceptors (Lipinski definition) is 5. The second-order valence-electron chi connectivity index (χ2n) is 7.05. The van der Waals surface area contributed by atoms with Crippen molar-refractivity contribution in [3.63, 3.8) is 0 Å². The van der Waals surface area contributed by atoms with Gasteiger partial charge in [-0.15, -0.1) is 5.10 Å². The Labute approximate surface area is 178 Å². The molecule has 0 spiro atoms. The third kappa shape index (κ3) is 3.46. The maximum Gasteiger partial charge on any atom is 0.278 e. The highest BCUT2D eigenvalue weighted by Crippen LogP contribution is 2.30. The standard InChI is InChI=1S/C24H19N5O2/c1-2-21-22(24(30)25-17-11-7-4-8-12-17)26-28-29(21)18-13-14-20-19(15-18)23(31-27-20)16-9-5-3-6-10-16/h3-15H,2H2,1H3,(H,25,30). The largest absolute Gasteiger partial charge is 0.355 e. The molecule has 0 atom stereocenters. The Bertz CT molecular complexity index is 1360. The lowest BCUT2D eigenvalue weighted by molar-refractivity contribution is 0.102. The maximum absolute atomic E-state index is 12.8. The number of nitrogens with one attached hydrogen (secondary N) is 1. The predicted molar refractivity (Wildman–Crippen MR) is 118 cm³/mol. The monoisotopic (exact) mass is 409 g/mol. The van der Waals surface area contributed by atoms with Crippen LogP contribution in [-0.4, -0.2) is 26.1 Å². The molecule has 0 aliphatic rings. The summed E-state index contributed by atoms with van der Waals surface area (Å²) in [6.45, 7) is 1.97. The van der Waals surface area contributed by atoms with Gasteiger partial charge in [-0.25, -0.2) is 4.68 Å². The van der Waals surface area contributed by atoms with Crippen molar-refractivity contribution in [3.05, 3.63) is 90.3 Å². The summed E-state index contributed by atoms with van der Waals surface area (Å²) in [6, 6.07) is 24.9. The Morgan fingerprint density at radius 2 is 1.74 bits per heavy atom. The third-order valence-electron chi connectivity index (χ3n) is 5.09. The second kappa shape index (κ2) is 7.87. The van der Waals surface area contributed by atoms with Gasteiger partial charge in [-0.2, -0.15) is 0 Å². The fourth-order valence-corrected chi connectivity index (χ4v) is 3.57. The summed E-state index contributed by atoms with van der Waals surface area (Å²) < 4.78 is 7.29. The zero-order chi connectivity index (χ0) is 21.2. The molecule has 0 saturated heterocycles. The number of fused-ring (bicyclic) bond motifs is 1. The molecular formula is C24H19N5O2. The van der Waals surface area contributed by atoms with E-state index in [1.54, 1.807) is 4.68 Å². The van der Waals surface area contributed by atoms with E-state index in [2.05, 4.69) is 20.8 Å². The minimum absolute atomic E-state index is 0.287. The first kappa shape index (κ1) is 18.7. The third-order valence-corrected chi connectivity index (χ3v) is 5.09. The Kier molecular flexibility index (Phi) is 4.76. The van der Waals surface area contributed by atoms with Gasteiger partial charge >= 0.3 is 0 Å². The van der Waals surface area contributed by atoms with Crippen LogP contribution in [0.5, 0.6) is 0 Å². The molecule has 5 aromatic rings. The van der Waals surface area contributed by atoms with Gasteiger partial charge in [-0.05, 0) is 36.8 Å². The van der Waals surface area contributed by atoms with E-state index in [0.717, 1.165) is 27.8 Å². The van der Waals surface area contributed by atoms with Gasteiger partial charge in [0.05, 0.1) is 16.8 Å². The van der Waals surface area contributed by atoms with Crippen molar-refractivity contribution in [2.75, 3.05) is 5.32 Å². The molecule has 0 saturated carbocycles. The summed E-state index contributed by atoms with van der Waals surface area (Å²) in [5.74, 6) is 0.406. The van der Waals surface area contributed by atoms with Crippen LogP contribution in [-0.2, 0) is 6.42 Å². The normalized spacial score (nSPS) is 11.0. The van der Waals surface area contributed by atoms with E-state index < -0.39 is 0 Å². The zero-order valence-corrected chi connectivity index (χ0v) is 16.8.